The molecule has 2 rings (SSSR count). The van der Waals surface area contributed by atoms with Crippen molar-refractivity contribution in [3.63, 3.8) is 0 Å². The fourth-order valence-corrected chi connectivity index (χ4v) is 1.95. The van der Waals surface area contributed by atoms with Crippen molar-refractivity contribution in [2.24, 2.45) is 0 Å². The molecule has 0 N–H and O–H groups in total. The van der Waals surface area contributed by atoms with Crippen LogP contribution < -0.4 is 0 Å². The fraction of sp³-hybridized carbons (Fsp3) is 0.200. The molecule has 0 atom stereocenters. The molecule has 0 saturated carbocycles. The summed E-state index contributed by atoms with van der Waals surface area (Å²) in [5.74, 6) is 0. The van der Waals surface area contributed by atoms with Crippen molar-refractivity contribution in [2.75, 3.05) is 0 Å². The Balaban J connectivity index is 2.62. The molecule has 0 aromatic heterocycles. The molecule has 94 valence electrons. The second kappa shape index (κ2) is 4.48. The lowest BCUT2D eigenvalue weighted by molar-refractivity contribution is -0.138. The average molecular weight is 250 g/mol. The Morgan fingerprint density at radius 1 is 0.833 bits per heavy atom. The van der Waals surface area contributed by atoms with Crippen LogP contribution in [0.15, 0.2) is 42.5 Å². The Kier molecular flexibility index (Phi) is 3.16. The van der Waals surface area contributed by atoms with Crippen LogP contribution in [-0.2, 0) is 6.18 Å². The van der Waals surface area contributed by atoms with Crippen LogP contribution in [-0.4, -0.2) is 0 Å². The summed E-state index contributed by atoms with van der Waals surface area (Å²) in [6, 6.07) is 12.1. The predicted molar refractivity (Wildman–Crippen MR) is 66.4 cm³/mol. The quantitative estimate of drug-likeness (QED) is 0.669. The normalized spacial score (nSPS) is 11.6. The molecule has 0 aliphatic carbocycles. The van der Waals surface area contributed by atoms with E-state index >= 15 is 0 Å². The van der Waals surface area contributed by atoms with E-state index in [9.17, 15) is 13.2 Å². The number of benzene rings is 2. The van der Waals surface area contributed by atoms with Crippen molar-refractivity contribution >= 4 is 0 Å². The summed E-state index contributed by atoms with van der Waals surface area (Å²) in [4.78, 5) is 0. The van der Waals surface area contributed by atoms with Crippen molar-refractivity contribution < 1.29 is 13.2 Å². The van der Waals surface area contributed by atoms with Crippen LogP contribution in [0.25, 0.3) is 11.1 Å². The molecule has 3 heteroatoms. The minimum Gasteiger partial charge on any atom is -0.166 e. The zero-order valence-corrected chi connectivity index (χ0v) is 10.2. The summed E-state index contributed by atoms with van der Waals surface area (Å²) in [7, 11) is 0. The van der Waals surface area contributed by atoms with Gasteiger partial charge in [-0.15, -0.1) is 0 Å². The van der Waals surface area contributed by atoms with Gasteiger partial charge in [0.1, 0.15) is 0 Å². The summed E-state index contributed by atoms with van der Waals surface area (Å²) in [5, 5.41) is 0. The van der Waals surface area contributed by atoms with Gasteiger partial charge < -0.3 is 0 Å². The first-order valence-corrected chi connectivity index (χ1v) is 5.63. The molecular weight excluding hydrogens is 237 g/mol. The van der Waals surface area contributed by atoms with Gasteiger partial charge in [0.25, 0.3) is 0 Å². The molecule has 0 saturated heterocycles. The Morgan fingerprint density at radius 3 is 2.00 bits per heavy atom. The van der Waals surface area contributed by atoms with Gasteiger partial charge in [-0.25, -0.2) is 0 Å². The Morgan fingerprint density at radius 2 is 1.44 bits per heavy atom. The number of rotatable bonds is 1. The summed E-state index contributed by atoms with van der Waals surface area (Å²) in [6.45, 7) is 3.21. The molecule has 0 heterocycles. The Hall–Kier alpha value is -1.77. The third-order valence-corrected chi connectivity index (χ3v) is 3.08. The van der Waals surface area contributed by atoms with Crippen LogP contribution in [0.5, 0.6) is 0 Å². The lowest BCUT2D eigenvalue weighted by Crippen LogP contribution is -2.08. The van der Waals surface area contributed by atoms with Gasteiger partial charge in [-0.3, -0.25) is 0 Å². The molecule has 0 fully saturated rings. The second-order valence-electron chi connectivity index (χ2n) is 4.33. The van der Waals surface area contributed by atoms with Crippen molar-refractivity contribution in [1.82, 2.24) is 0 Å². The van der Waals surface area contributed by atoms with Crippen molar-refractivity contribution in [3.05, 3.63) is 59.2 Å². The Bertz CT molecular complexity index is 554. The monoisotopic (exact) mass is 250 g/mol. The average Bonchev–Trinajstić information content (AvgIpc) is 2.32. The van der Waals surface area contributed by atoms with Gasteiger partial charge in [-0.05, 0) is 42.2 Å². The molecule has 0 radical (unpaired) electrons. The SMILES string of the molecule is Cc1cc(-c2ccccc2)cc(C(F)(F)F)c1C. The van der Waals surface area contributed by atoms with Crippen molar-refractivity contribution in [3.8, 4) is 11.1 Å². The van der Waals surface area contributed by atoms with Crippen molar-refractivity contribution in [1.29, 1.82) is 0 Å². The van der Waals surface area contributed by atoms with Crippen LogP contribution >= 0.6 is 0 Å². The van der Waals surface area contributed by atoms with E-state index in [1.54, 1.807) is 13.0 Å². The number of hydrogen-bond donors (Lipinski definition) is 0. The molecule has 0 aliphatic rings. The maximum absolute atomic E-state index is 12.9. The van der Waals surface area contributed by atoms with E-state index in [0.29, 0.717) is 16.7 Å². The number of halogens is 3. The van der Waals surface area contributed by atoms with E-state index in [2.05, 4.69) is 0 Å². The first kappa shape index (κ1) is 12.7. The van der Waals surface area contributed by atoms with Crippen LogP contribution in [0.1, 0.15) is 16.7 Å². The topological polar surface area (TPSA) is 0 Å². The third-order valence-electron chi connectivity index (χ3n) is 3.08. The molecule has 0 spiro atoms. The van der Waals surface area contributed by atoms with Crippen LogP contribution in [0.2, 0.25) is 0 Å². The van der Waals surface area contributed by atoms with Crippen LogP contribution in [0, 0.1) is 13.8 Å². The van der Waals surface area contributed by atoms with E-state index in [0.717, 1.165) is 5.56 Å². The second-order valence-corrected chi connectivity index (χ2v) is 4.33. The summed E-state index contributed by atoms with van der Waals surface area (Å²) in [5.41, 5.74) is 1.80. The van der Waals surface area contributed by atoms with Crippen LogP contribution in [0.3, 0.4) is 0 Å². The van der Waals surface area contributed by atoms with Gasteiger partial charge in [-0.2, -0.15) is 13.2 Å². The number of hydrogen-bond acceptors (Lipinski definition) is 0. The highest BCUT2D eigenvalue weighted by Crippen LogP contribution is 2.36. The zero-order valence-electron chi connectivity index (χ0n) is 10.2. The third kappa shape index (κ3) is 2.40. The van der Waals surface area contributed by atoms with Crippen molar-refractivity contribution in [2.45, 2.75) is 20.0 Å². The molecule has 0 nitrogen and oxygen atoms in total. The summed E-state index contributed by atoms with van der Waals surface area (Å²) < 4.78 is 38.8. The zero-order chi connectivity index (χ0) is 13.3. The summed E-state index contributed by atoms with van der Waals surface area (Å²) >= 11 is 0. The van der Waals surface area contributed by atoms with Crippen LogP contribution in [0.4, 0.5) is 13.2 Å². The summed E-state index contributed by atoms with van der Waals surface area (Å²) in [6.07, 6.45) is -4.31. The lowest BCUT2D eigenvalue weighted by Gasteiger charge is -2.15. The van der Waals surface area contributed by atoms with Gasteiger partial charge in [0.05, 0.1) is 5.56 Å². The van der Waals surface area contributed by atoms with Gasteiger partial charge in [0.15, 0.2) is 0 Å². The molecule has 0 bridgehead atoms. The number of aryl methyl sites for hydroxylation is 1. The molecule has 2 aromatic carbocycles. The highest BCUT2D eigenvalue weighted by Gasteiger charge is 2.33. The van der Waals surface area contributed by atoms with E-state index in [1.165, 1.54) is 13.0 Å². The molecule has 0 unspecified atom stereocenters. The highest BCUT2D eigenvalue weighted by atomic mass is 19.4. The van der Waals surface area contributed by atoms with Gasteiger partial charge in [-0.1, -0.05) is 36.4 Å². The highest BCUT2D eigenvalue weighted by molar-refractivity contribution is 5.66. The maximum Gasteiger partial charge on any atom is 0.416 e. The lowest BCUT2D eigenvalue weighted by atomic mass is 9.95. The smallest absolute Gasteiger partial charge is 0.166 e. The van der Waals surface area contributed by atoms with E-state index in [1.807, 2.05) is 30.3 Å². The molecule has 0 aliphatic heterocycles. The minimum absolute atomic E-state index is 0.294. The van der Waals surface area contributed by atoms with Gasteiger partial charge in [0, 0.05) is 0 Å². The molecule has 2 aromatic rings. The molecular formula is C15H13F3. The van der Waals surface area contributed by atoms with E-state index in [4.69, 9.17) is 0 Å². The van der Waals surface area contributed by atoms with Gasteiger partial charge >= 0.3 is 6.18 Å². The van der Waals surface area contributed by atoms with E-state index in [-0.39, 0.29) is 0 Å². The predicted octanol–water partition coefficient (Wildman–Crippen LogP) is 4.99. The first-order valence-electron chi connectivity index (χ1n) is 5.63. The Labute approximate surface area is 104 Å². The first-order chi connectivity index (χ1) is 8.39. The molecule has 0 amide bonds. The minimum atomic E-state index is -4.31. The standard InChI is InChI=1S/C15H13F3/c1-10-8-13(12-6-4-3-5-7-12)9-14(11(10)2)15(16,17)18/h3-9H,1-2H3. The number of alkyl halides is 3. The fourth-order valence-electron chi connectivity index (χ4n) is 1.95. The van der Waals surface area contributed by atoms with Gasteiger partial charge in [0.2, 0.25) is 0 Å². The largest absolute Gasteiger partial charge is 0.416 e. The van der Waals surface area contributed by atoms with E-state index < -0.39 is 11.7 Å². The maximum atomic E-state index is 12.9. The molecule has 18 heavy (non-hydrogen) atoms.